The van der Waals surface area contributed by atoms with E-state index >= 15 is 0 Å². The second-order valence-corrected chi connectivity index (χ2v) is 13.4. The molecule has 0 unspecified atom stereocenters. The maximum atomic E-state index is 13.2. The van der Waals surface area contributed by atoms with Crippen LogP contribution in [0.15, 0.2) is 0 Å². The number of carbonyl (C=O) groups is 6. The van der Waals surface area contributed by atoms with Gasteiger partial charge in [0.1, 0.15) is 36.1 Å². The molecule has 0 saturated carbocycles. The Kier molecular flexibility index (Phi) is 19.3. The zero-order valence-electron chi connectivity index (χ0n) is 30.1. The second kappa shape index (κ2) is 20.3. The molecule has 0 N–H and O–H groups in total. The average Bonchev–Trinajstić information content (AvgIpc) is 2.96. The van der Waals surface area contributed by atoms with E-state index in [0.29, 0.717) is 38.5 Å². The van der Waals surface area contributed by atoms with E-state index in [4.69, 9.17) is 25.6 Å². The van der Waals surface area contributed by atoms with Crippen LogP contribution in [0.5, 0.6) is 0 Å². The van der Waals surface area contributed by atoms with Gasteiger partial charge in [-0.05, 0) is 80.1 Å². The third-order valence-corrected chi connectivity index (χ3v) is 9.30. The second-order valence-electron chi connectivity index (χ2n) is 12.2. The van der Waals surface area contributed by atoms with Crippen molar-refractivity contribution in [3.63, 3.8) is 0 Å². The quantitative estimate of drug-likeness (QED) is 0.0947. The number of Topliss-reactive ketones (excluding diaryl/α,β-unsaturated/α-hetero) is 3. The van der Waals surface area contributed by atoms with Crippen molar-refractivity contribution < 1.29 is 54.3 Å². The van der Waals surface area contributed by atoms with Crippen molar-refractivity contribution in [1.29, 1.82) is 0 Å². The normalized spacial score (nSPS) is 12.3. The summed E-state index contributed by atoms with van der Waals surface area (Å²) in [4.78, 5) is 78.4. The van der Waals surface area contributed by atoms with Gasteiger partial charge in [-0.25, -0.2) is 0 Å². The summed E-state index contributed by atoms with van der Waals surface area (Å²) in [6.45, 7) is 21.2. The first kappa shape index (κ1) is 43.8. The summed E-state index contributed by atoms with van der Waals surface area (Å²) >= 11 is -4.01. The predicted molar refractivity (Wildman–Crippen MR) is 172 cm³/mol. The van der Waals surface area contributed by atoms with Crippen LogP contribution in [0.2, 0.25) is 0 Å². The lowest BCUT2D eigenvalue weighted by atomic mass is 9.89. The van der Waals surface area contributed by atoms with E-state index in [-0.39, 0.29) is 18.3 Å². The molecule has 0 spiro atoms. The summed E-state index contributed by atoms with van der Waals surface area (Å²) in [7, 11) is 0. The van der Waals surface area contributed by atoms with Gasteiger partial charge in [-0.1, -0.05) is 41.5 Å². The van der Waals surface area contributed by atoms with Gasteiger partial charge in [0.05, 0.1) is 18.3 Å². The fourth-order valence-electron chi connectivity index (χ4n) is 5.38. The number of carbonyl (C=O) groups excluding carboxylic acids is 6. The number of hydrogen-bond donors (Lipinski definition) is 0. The van der Waals surface area contributed by atoms with Crippen molar-refractivity contribution in [2.24, 2.45) is 0 Å². The number of hydrogen-bond acceptors (Lipinski definition) is 12. The van der Waals surface area contributed by atoms with Crippen LogP contribution in [0.4, 0.5) is 0 Å². The average molecular weight is 673 g/mol. The third-order valence-electron chi connectivity index (χ3n) is 7.93. The Labute approximate surface area is 280 Å². The zero-order chi connectivity index (χ0) is 35.9. The monoisotopic (exact) mass is 672 g/mol. The largest absolute Gasteiger partial charge is 1.20 e. The molecule has 0 aromatic heterocycles. The summed E-state index contributed by atoms with van der Waals surface area (Å²) in [5.74, 6) is -4.94. The number of rotatable bonds is 24. The van der Waals surface area contributed by atoms with Gasteiger partial charge >= 0.3 is 15.1 Å². The summed E-state index contributed by atoms with van der Waals surface area (Å²) in [6.07, 6.45) is -1.31. The van der Waals surface area contributed by atoms with Gasteiger partial charge in [0.15, 0.2) is 17.3 Å². The molecule has 0 amide bonds. The molecule has 0 aliphatic rings. The minimum Gasteiger partial charge on any atom is -0.550 e. The highest BCUT2D eigenvalue weighted by atomic mass is 27.3. The fraction of sp³-hybridized carbons (Fsp3) is 0.818. The molecule has 0 heterocycles. The SMILES string of the molecule is CCC(CC)(OC(C)C)C(=O)CC(=O)[O][Al]([O]C(=O)CC(=O)C(CC)(CC)OC(C)C)[O]C(=O)CC(=O)C(CC)(CC)OC(C)C. The minimum atomic E-state index is -4.01. The van der Waals surface area contributed by atoms with E-state index in [0.717, 1.165) is 0 Å². The molecule has 0 atom stereocenters. The highest BCUT2D eigenvalue weighted by molar-refractivity contribution is 6.44. The van der Waals surface area contributed by atoms with Crippen molar-refractivity contribution in [3.05, 3.63) is 0 Å². The summed E-state index contributed by atoms with van der Waals surface area (Å²) in [6, 6.07) is 0. The molecular formula is C33H57AlO12. The van der Waals surface area contributed by atoms with Crippen LogP contribution in [-0.4, -0.2) is 85.5 Å². The minimum absolute atomic E-state index is 0.296. The van der Waals surface area contributed by atoms with Crippen LogP contribution in [0.1, 0.15) is 141 Å². The van der Waals surface area contributed by atoms with Crippen LogP contribution in [0.3, 0.4) is 0 Å². The Balaban J connectivity index is 6.12. The molecule has 264 valence electrons. The van der Waals surface area contributed by atoms with Crippen molar-refractivity contribution in [3.8, 4) is 0 Å². The molecule has 0 aliphatic carbocycles. The molecule has 46 heavy (non-hydrogen) atoms. The molecule has 13 heteroatoms. The lowest BCUT2D eigenvalue weighted by molar-refractivity contribution is -0.160. The molecule has 12 nitrogen and oxygen atoms in total. The van der Waals surface area contributed by atoms with Crippen molar-refractivity contribution in [2.75, 3.05) is 0 Å². The first-order chi connectivity index (χ1) is 21.3. The molecular weight excluding hydrogens is 615 g/mol. The van der Waals surface area contributed by atoms with Crippen LogP contribution in [0, 0.1) is 0 Å². The lowest BCUT2D eigenvalue weighted by Gasteiger charge is -2.32. The maximum absolute atomic E-state index is 13.2. The Morgan fingerprint density at radius 2 is 0.630 bits per heavy atom. The molecule has 0 aromatic rings. The van der Waals surface area contributed by atoms with Gasteiger partial charge < -0.3 is 25.6 Å². The van der Waals surface area contributed by atoms with Gasteiger partial charge in [0.25, 0.3) is 17.9 Å². The first-order valence-corrected chi connectivity index (χ1v) is 18.0. The van der Waals surface area contributed by atoms with Crippen LogP contribution < -0.4 is 0 Å². The lowest BCUT2D eigenvalue weighted by Crippen LogP contribution is -2.46. The smallest absolute Gasteiger partial charge is 0.550 e. The summed E-state index contributed by atoms with van der Waals surface area (Å²) in [5, 5.41) is 0. The topological polar surface area (TPSA) is 158 Å². The molecule has 0 aromatic carbocycles. The van der Waals surface area contributed by atoms with Crippen LogP contribution in [-0.2, 0) is 54.3 Å². The zero-order valence-corrected chi connectivity index (χ0v) is 31.2. The van der Waals surface area contributed by atoms with E-state index < -0.39 is 86.5 Å². The molecule has 0 bridgehead atoms. The highest BCUT2D eigenvalue weighted by Gasteiger charge is 2.51. The molecule has 0 aliphatic heterocycles. The van der Waals surface area contributed by atoms with Gasteiger partial charge in [0.2, 0.25) is 0 Å². The summed E-state index contributed by atoms with van der Waals surface area (Å²) in [5.41, 5.74) is -3.72. The van der Waals surface area contributed by atoms with Crippen molar-refractivity contribution in [1.82, 2.24) is 0 Å². The Morgan fingerprint density at radius 1 is 0.435 bits per heavy atom. The third kappa shape index (κ3) is 13.1. The Hall–Kier alpha value is -2.17. The highest BCUT2D eigenvalue weighted by Crippen LogP contribution is 2.28. The van der Waals surface area contributed by atoms with Crippen LogP contribution in [0.25, 0.3) is 0 Å². The summed E-state index contributed by atoms with van der Waals surface area (Å²) < 4.78 is 33.4. The van der Waals surface area contributed by atoms with Gasteiger partial charge in [-0.2, -0.15) is 0 Å². The fourth-order valence-corrected chi connectivity index (χ4v) is 6.42. The number of ketones is 3. The number of ether oxygens (including phenoxy) is 3. The Morgan fingerprint density at radius 3 is 0.783 bits per heavy atom. The van der Waals surface area contributed by atoms with Crippen LogP contribution >= 0.6 is 0 Å². The van der Waals surface area contributed by atoms with Crippen molar-refractivity contribution in [2.45, 2.75) is 176 Å². The first-order valence-electron chi connectivity index (χ1n) is 16.6. The van der Waals surface area contributed by atoms with Gasteiger partial charge in [-0.15, -0.1) is 0 Å². The van der Waals surface area contributed by atoms with E-state index in [1.165, 1.54) is 0 Å². The molecule has 0 rings (SSSR count). The van der Waals surface area contributed by atoms with E-state index in [9.17, 15) is 28.8 Å². The van der Waals surface area contributed by atoms with Gasteiger partial charge in [-0.3, -0.25) is 28.8 Å². The maximum Gasteiger partial charge on any atom is 1.20 e. The van der Waals surface area contributed by atoms with E-state index in [1.54, 1.807) is 83.1 Å². The van der Waals surface area contributed by atoms with E-state index in [2.05, 4.69) is 0 Å². The predicted octanol–water partition coefficient (Wildman–Crippen LogP) is 5.43. The van der Waals surface area contributed by atoms with E-state index in [1.807, 2.05) is 0 Å². The van der Waals surface area contributed by atoms with Gasteiger partial charge in [0, 0.05) is 0 Å². The molecule has 0 fully saturated rings. The van der Waals surface area contributed by atoms with Crippen molar-refractivity contribution >= 4 is 50.4 Å². The molecule has 0 radical (unpaired) electrons. The molecule has 0 saturated heterocycles. The standard InChI is InChI=1S/3C11H20O4.Al/c3*1-5-11(6-2,15-8(3)4)9(12)7-10(13)14;/h3*8H,5-7H2,1-4H3,(H,13,14);/q;;;+3/p-3. The Bertz CT molecular complexity index is 895.